The highest BCUT2D eigenvalue weighted by Crippen LogP contribution is 2.65. The van der Waals surface area contributed by atoms with Gasteiger partial charge in [-0.25, -0.2) is 4.79 Å². The van der Waals surface area contributed by atoms with Gasteiger partial charge in [-0.15, -0.1) is 0 Å². The highest BCUT2D eigenvalue weighted by molar-refractivity contribution is 5.89. The van der Waals surface area contributed by atoms with E-state index in [1.807, 2.05) is 0 Å². The summed E-state index contributed by atoms with van der Waals surface area (Å²) in [5.74, 6) is -5.03. The lowest BCUT2D eigenvalue weighted by molar-refractivity contribution is -0.230. The zero-order chi connectivity index (χ0) is 35.1. The Morgan fingerprint density at radius 3 is 2.06 bits per heavy atom. The molecule has 2 aliphatic carbocycles. The third-order valence-corrected chi connectivity index (χ3v) is 10.1. The number of unbranched alkanes of at least 4 members (excludes halogenated alkanes) is 4. The number of epoxide rings is 1. The SMILES string of the molecule is CCCCCCCC(=O)OC1/C(C)=C\[C@H]2OC(=O)[C@@]3(C)O[C@@]23C(OC(C)=O)[C@@H]2[C@@](C)(O)[C@@H](OC(C)=O)C=C[C@@]2(C)[C@H](OC(C)=O)[C@H]1O. The summed E-state index contributed by atoms with van der Waals surface area (Å²) >= 11 is 0. The molecule has 2 fully saturated rings. The molecule has 0 saturated carbocycles. The molecule has 2 aliphatic heterocycles. The van der Waals surface area contributed by atoms with Crippen LogP contribution in [-0.2, 0) is 52.4 Å². The van der Waals surface area contributed by atoms with Crippen molar-refractivity contribution >= 4 is 29.8 Å². The van der Waals surface area contributed by atoms with Gasteiger partial charge in [-0.1, -0.05) is 45.6 Å². The number of aliphatic hydroxyl groups excluding tert-OH is 1. The summed E-state index contributed by atoms with van der Waals surface area (Å²) in [5, 5.41) is 24.4. The van der Waals surface area contributed by atoms with Gasteiger partial charge < -0.3 is 38.6 Å². The maximum Gasteiger partial charge on any atom is 0.342 e. The van der Waals surface area contributed by atoms with Crippen LogP contribution >= 0.6 is 0 Å². The Morgan fingerprint density at radius 1 is 0.894 bits per heavy atom. The van der Waals surface area contributed by atoms with Crippen LogP contribution in [0.2, 0.25) is 0 Å². The predicted molar refractivity (Wildman–Crippen MR) is 163 cm³/mol. The number of hydrogen-bond donors (Lipinski definition) is 2. The molecule has 262 valence electrons. The first kappa shape index (κ1) is 36.5. The predicted octanol–water partition coefficient (Wildman–Crippen LogP) is 2.77. The van der Waals surface area contributed by atoms with Crippen molar-refractivity contribution in [1.29, 1.82) is 0 Å². The Morgan fingerprint density at radius 2 is 1.49 bits per heavy atom. The monoisotopic (exact) mass is 664 g/mol. The second kappa shape index (κ2) is 13.3. The van der Waals surface area contributed by atoms with Crippen molar-refractivity contribution in [2.75, 3.05) is 0 Å². The van der Waals surface area contributed by atoms with E-state index in [1.54, 1.807) is 13.8 Å². The van der Waals surface area contributed by atoms with Gasteiger partial charge in [-0.05, 0) is 44.9 Å². The van der Waals surface area contributed by atoms with E-state index in [1.165, 1.54) is 32.1 Å². The van der Waals surface area contributed by atoms with E-state index in [2.05, 4.69) is 6.92 Å². The zero-order valence-corrected chi connectivity index (χ0v) is 28.4. The maximum atomic E-state index is 13.3. The zero-order valence-electron chi connectivity index (χ0n) is 28.4. The molecular formula is C34H48O13. The van der Waals surface area contributed by atoms with Gasteiger partial charge >= 0.3 is 29.8 Å². The number of carbonyl (C=O) groups excluding carboxylic acids is 5. The molecule has 47 heavy (non-hydrogen) atoms. The van der Waals surface area contributed by atoms with E-state index in [-0.39, 0.29) is 12.0 Å². The fraction of sp³-hybridized carbons (Fsp3) is 0.735. The topological polar surface area (TPSA) is 184 Å². The standard InChI is InChI=1S/C34H48O13/c1-9-10-11-12-13-14-24(38)46-26-18(2)17-23-34(33(8,47-34)30(40)45-23)29(44-21(5)37)27-31(6,28(25(26)39)43-20(4)36)16-15-22(32(27,7)41)42-19(3)35/h15-17,22-23,25-29,39,41H,9-14H2,1-8H3/b18-17-/t22-,23+,25-,26?,27-,28+,29?,31+,32-,33+,34+/m0/s1. The molecule has 4 rings (SSSR count). The fourth-order valence-corrected chi connectivity index (χ4v) is 7.77. The lowest BCUT2D eigenvalue weighted by Crippen LogP contribution is -2.69. The summed E-state index contributed by atoms with van der Waals surface area (Å²) < 4.78 is 35.0. The summed E-state index contributed by atoms with van der Waals surface area (Å²) in [6.45, 7) is 11.5. The third-order valence-electron chi connectivity index (χ3n) is 10.1. The van der Waals surface area contributed by atoms with Crippen molar-refractivity contribution in [3.63, 3.8) is 0 Å². The van der Waals surface area contributed by atoms with Gasteiger partial charge in [0, 0.05) is 38.5 Å². The fourth-order valence-electron chi connectivity index (χ4n) is 7.77. The molecule has 0 aromatic carbocycles. The van der Waals surface area contributed by atoms with Crippen molar-refractivity contribution in [2.24, 2.45) is 11.3 Å². The largest absolute Gasteiger partial charge is 0.459 e. The Bertz CT molecular complexity index is 1330. The molecule has 2 heterocycles. The van der Waals surface area contributed by atoms with Gasteiger partial charge in [0.1, 0.15) is 30.0 Å². The number of aliphatic hydroxyl groups is 2. The maximum absolute atomic E-state index is 13.3. The quantitative estimate of drug-likeness (QED) is 0.114. The van der Waals surface area contributed by atoms with Crippen molar-refractivity contribution in [2.45, 2.75) is 147 Å². The van der Waals surface area contributed by atoms with Crippen molar-refractivity contribution in [3.8, 4) is 0 Å². The minimum Gasteiger partial charge on any atom is -0.459 e. The average Bonchev–Trinajstić information content (AvgIpc) is 3.55. The first-order valence-corrected chi connectivity index (χ1v) is 16.3. The molecule has 0 aromatic rings. The molecule has 0 radical (unpaired) electrons. The van der Waals surface area contributed by atoms with Gasteiger partial charge in [-0.3, -0.25) is 19.2 Å². The van der Waals surface area contributed by atoms with Crippen LogP contribution in [0.5, 0.6) is 0 Å². The van der Waals surface area contributed by atoms with Gasteiger partial charge in [0.25, 0.3) is 0 Å². The van der Waals surface area contributed by atoms with E-state index < -0.39 is 94.6 Å². The first-order valence-electron chi connectivity index (χ1n) is 16.3. The van der Waals surface area contributed by atoms with Crippen molar-refractivity contribution in [3.05, 3.63) is 23.8 Å². The number of carbonyl (C=O) groups is 5. The number of ether oxygens (including phenoxy) is 6. The highest BCUT2D eigenvalue weighted by Gasteiger charge is 2.88. The second-order valence-corrected chi connectivity index (χ2v) is 13.7. The van der Waals surface area contributed by atoms with Crippen LogP contribution in [0.15, 0.2) is 23.8 Å². The Hall–Kier alpha value is -3.29. The van der Waals surface area contributed by atoms with Gasteiger partial charge in [0.2, 0.25) is 0 Å². The molecule has 2 N–H and O–H groups in total. The smallest absolute Gasteiger partial charge is 0.342 e. The van der Waals surface area contributed by atoms with Crippen LogP contribution in [0.25, 0.3) is 0 Å². The summed E-state index contributed by atoms with van der Waals surface area (Å²) in [4.78, 5) is 64.0. The normalized spacial score (nSPS) is 41.5. The summed E-state index contributed by atoms with van der Waals surface area (Å²) in [6, 6.07) is 0. The van der Waals surface area contributed by atoms with E-state index in [9.17, 15) is 34.2 Å². The number of rotatable bonds is 10. The van der Waals surface area contributed by atoms with E-state index in [0.717, 1.165) is 46.5 Å². The molecule has 1 spiro atoms. The molecule has 11 atom stereocenters. The molecule has 0 bridgehead atoms. The van der Waals surface area contributed by atoms with Crippen LogP contribution < -0.4 is 0 Å². The van der Waals surface area contributed by atoms with Gasteiger partial charge in [0.05, 0.1) is 0 Å². The minimum absolute atomic E-state index is 0.0785. The van der Waals surface area contributed by atoms with Crippen LogP contribution in [-0.4, -0.2) is 93.5 Å². The van der Waals surface area contributed by atoms with Crippen molar-refractivity contribution in [1.82, 2.24) is 0 Å². The van der Waals surface area contributed by atoms with Gasteiger partial charge in [-0.2, -0.15) is 0 Å². The lowest BCUT2D eigenvalue weighted by Gasteiger charge is -2.55. The number of fused-ring (bicyclic) bond motifs is 1. The summed E-state index contributed by atoms with van der Waals surface area (Å²) in [6.07, 6.45) is 0.195. The Kier molecular flexibility index (Phi) is 10.4. The molecule has 13 heteroatoms. The lowest BCUT2D eigenvalue weighted by atomic mass is 9.55. The molecule has 13 nitrogen and oxygen atoms in total. The molecule has 2 saturated heterocycles. The molecule has 0 aromatic heterocycles. The average molecular weight is 665 g/mol. The number of esters is 5. The van der Waals surface area contributed by atoms with E-state index in [4.69, 9.17) is 28.4 Å². The highest BCUT2D eigenvalue weighted by atomic mass is 16.7. The number of hydrogen-bond acceptors (Lipinski definition) is 13. The second-order valence-electron chi connectivity index (χ2n) is 13.7. The molecule has 4 aliphatic rings. The molecular weight excluding hydrogens is 616 g/mol. The minimum atomic E-state index is -2.09. The first-order chi connectivity index (χ1) is 21.9. The van der Waals surface area contributed by atoms with Crippen molar-refractivity contribution < 1.29 is 62.6 Å². The Balaban J connectivity index is 1.93. The molecule has 0 amide bonds. The van der Waals surface area contributed by atoms with E-state index >= 15 is 0 Å². The van der Waals surface area contributed by atoms with Crippen LogP contribution in [0.3, 0.4) is 0 Å². The third kappa shape index (κ3) is 6.46. The molecule has 2 unspecified atom stereocenters. The van der Waals surface area contributed by atoms with Crippen LogP contribution in [0.4, 0.5) is 0 Å². The summed E-state index contributed by atoms with van der Waals surface area (Å²) in [5.41, 5.74) is -6.81. The summed E-state index contributed by atoms with van der Waals surface area (Å²) in [7, 11) is 0. The van der Waals surface area contributed by atoms with Crippen LogP contribution in [0, 0.1) is 11.3 Å². The van der Waals surface area contributed by atoms with E-state index in [0.29, 0.717) is 6.42 Å². The van der Waals surface area contributed by atoms with Crippen LogP contribution in [0.1, 0.15) is 93.9 Å². The van der Waals surface area contributed by atoms with Gasteiger partial charge in [0.15, 0.2) is 23.4 Å². The Labute approximate surface area is 274 Å².